The summed E-state index contributed by atoms with van der Waals surface area (Å²) in [5.74, 6) is 1.29. The van der Waals surface area contributed by atoms with Gasteiger partial charge in [-0.2, -0.15) is 0 Å². The topological polar surface area (TPSA) is 78.8 Å². The molecule has 3 aromatic rings. The van der Waals surface area contributed by atoms with Crippen molar-refractivity contribution >= 4 is 22.7 Å². The second-order valence-corrected chi connectivity index (χ2v) is 7.50. The van der Waals surface area contributed by atoms with Gasteiger partial charge in [-0.3, -0.25) is 9.59 Å². The van der Waals surface area contributed by atoms with Crippen LogP contribution in [0.25, 0.3) is 10.9 Å². The zero-order valence-corrected chi connectivity index (χ0v) is 15.8. The molecule has 2 aromatic heterocycles. The first-order valence-electron chi connectivity index (χ1n) is 9.33. The lowest BCUT2D eigenvalue weighted by atomic mass is 9.83. The van der Waals surface area contributed by atoms with Crippen LogP contribution in [0.4, 0.5) is 0 Å². The second-order valence-electron chi connectivity index (χ2n) is 7.50. The third-order valence-electron chi connectivity index (χ3n) is 5.98. The van der Waals surface area contributed by atoms with Crippen molar-refractivity contribution in [3.63, 3.8) is 0 Å². The Morgan fingerprint density at radius 2 is 2.14 bits per heavy atom. The highest BCUT2D eigenvalue weighted by Crippen LogP contribution is 2.42. The minimum absolute atomic E-state index is 0.0458. The molecule has 0 radical (unpaired) electrons. The van der Waals surface area contributed by atoms with Gasteiger partial charge in [-0.25, -0.2) is 0 Å². The number of fused-ring (bicyclic) bond motifs is 5. The number of rotatable bonds is 3. The number of aromatic nitrogens is 1. The molecule has 0 unspecified atom stereocenters. The molecule has 0 aliphatic carbocycles. The number of methoxy groups -OCH3 is 1. The van der Waals surface area contributed by atoms with Gasteiger partial charge in [0, 0.05) is 17.4 Å². The van der Waals surface area contributed by atoms with Crippen molar-refractivity contribution in [2.45, 2.75) is 25.4 Å². The number of hydrogen-bond donors (Lipinski definition) is 1. The highest BCUT2D eigenvalue weighted by atomic mass is 16.5. The summed E-state index contributed by atoms with van der Waals surface area (Å²) in [6.07, 6.45) is 2.28. The average molecular weight is 379 g/mol. The van der Waals surface area contributed by atoms with Crippen LogP contribution in [0.5, 0.6) is 5.75 Å². The molecule has 0 bridgehead atoms. The lowest BCUT2D eigenvalue weighted by Crippen LogP contribution is -2.66. The Balaban J connectivity index is 1.62. The molecule has 2 aliphatic heterocycles. The normalized spacial score (nSPS) is 21.8. The Bertz CT molecular complexity index is 1080. The molecule has 1 atom stereocenters. The molecule has 7 heteroatoms. The first-order valence-corrected chi connectivity index (χ1v) is 9.33. The molecule has 1 saturated heterocycles. The van der Waals surface area contributed by atoms with Gasteiger partial charge >= 0.3 is 0 Å². The van der Waals surface area contributed by atoms with Crippen molar-refractivity contribution in [3.05, 3.63) is 53.6 Å². The highest BCUT2D eigenvalue weighted by molar-refractivity contribution is 6.00. The number of benzene rings is 1. The van der Waals surface area contributed by atoms with Gasteiger partial charge in [0.1, 0.15) is 18.1 Å². The van der Waals surface area contributed by atoms with Crippen molar-refractivity contribution in [1.29, 1.82) is 0 Å². The van der Waals surface area contributed by atoms with E-state index in [9.17, 15) is 9.59 Å². The zero-order valence-electron chi connectivity index (χ0n) is 15.8. The van der Waals surface area contributed by atoms with Crippen molar-refractivity contribution in [2.75, 3.05) is 20.2 Å². The maximum absolute atomic E-state index is 13.6. The fourth-order valence-corrected chi connectivity index (χ4v) is 4.55. The summed E-state index contributed by atoms with van der Waals surface area (Å²) in [4.78, 5) is 33.2. The summed E-state index contributed by atoms with van der Waals surface area (Å²) < 4.78 is 10.8. The van der Waals surface area contributed by atoms with Gasteiger partial charge in [0.05, 0.1) is 25.6 Å². The van der Waals surface area contributed by atoms with E-state index >= 15 is 0 Å². The zero-order chi connectivity index (χ0) is 19.5. The summed E-state index contributed by atoms with van der Waals surface area (Å²) in [6, 6.07) is 9.42. The van der Waals surface area contributed by atoms with Crippen LogP contribution in [-0.2, 0) is 28.1 Å². The van der Waals surface area contributed by atoms with E-state index in [4.69, 9.17) is 9.15 Å². The molecule has 1 fully saturated rings. The van der Waals surface area contributed by atoms with Gasteiger partial charge in [0.2, 0.25) is 5.91 Å². The van der Waals surface area contributed by atoms with Crippen LogP contribution in [0.2, 0.25) is 0 Å². The maximum atomic E-state index is 13.6. The molecular formula is C21H21N3O4. The summed E-state index contributed by atoms with van der Waals surface area (Å²) in [5.41, 5.74) is 1.76. The van der Waals surface area contributed by atoms with Gasteiger partial charge in [-0.15, -0.1) is 0 Å². The van der Waals surface area contributed by atoms with Crippen LogP contribution in [-0.4, -0.2) is 46.8 Å². The molecule has 1 N–H and O–H groups in total. The van der Waals surface area contributed by atoms with Crippen LogP contribution in [0, 0.1) is 0 Å². The summed E-state index contributed by atoms with van der Waals surface area (Å²) in [5, 5.41) is 1.04. The van der Waals surface area contributed by atoms with E-state index < -0.39 is 5.54 Å². The molecule has 0 saturated carbocycles. The number of furan rings is 1. The smallest absolute Gasteiger partial charge is 0.255 e. The number of ether oxygens (including phenoxy) is 1. The Labute approximate surface area is 161 Å². The van der Waals surface area contributed by atoms with Crippen LogP contribution in [0.15, 0.2) is 41.0 Å². The van der Waals surface area contributed by atoms with E-state index in [0.717, 1.165) is 27.9 Å². The van der Waals surface area contributed by atoms with E-state index in [1.165, 1.54) is 0 Å². The van der Waals surface area contributed by atoms with Crippen LogP contribution >= 0.6 is 0 Å². The first kappa shape index (κ1) is 16.9. The maximum Gasteiger partial charge on any atom is 0.255 e. The Morgan fingerprint density at radius 3 is 2.89 bits per heavy atom. The van der Waals surface area contributed by atoms with Gasteiger partial charge in [-0.05, 0) is 49.2 Å². The molecule has 0 spiro atoms. The number of nitrogens with one attached hydrogen (secondary N) is 1. The Morgan fingerprint density at radius 1 is 1.29 bits per heavy atom. The minimum Gasteiger partial charge on any atom is -0.497 e. The lowest BCUT2D eigenvalue weighted by molar-refractivity contribution is -0.166. The largest absolute Gasteiger partial charge is 0.497 e. The number of amides is 2. The minimum atomic E-state index is -1.05. The molecule has 7 nitrogen and oxygen atoms in total. The van der Waals surface area contributed by atoms with E-state index in [-0.39, 0.29) is 24.9 Å². The third-order valence-corrected chi connectivity index (χ3v) is 5.98. The number of carbonyl (C=O) groups excluding carboxylic acids is 2. The van der Waals surface area contributed by atoms with Crippen molar-refractivity contribution < 1.29 is 18.7 Å². The quantitative estimate of drug-likeness (QED) is 0.758. The van der Waals surface area contributed by atoms with Crippen molar-refractivity contribution in [1.82, 2.24) is 14.8 Å². The number of carbonyl (C=O) groups is 2. The molecule has 4 heterocycles. The number of nitrogens with zero attached hydrogens (tertiary/aromatic N) is 2. The van der Waals surface area contributed by atoms with Gasteiger partial charge in [0.25, 0.3) is 5.91 Å². The fraction of sp³-hybridized carbons (Fsp3) is 0.333. The molecule has 5 rings (SSSR count). The monoisotopic (exact) mass is 379 g/mol. The van der Waals surface area contributed by atoms with Crippen LogP contribution in [0.1, 0.15) is 23.9 Å². The molecule has 144 valence electrons. The second kappa shape index (κ2) is 5.89. The first-order chi connectivity index (χ1) is 13.5. The van der Waals surface area contributed by atoms with Crippen LogP contribution < -0.4 is 4.74 Å². The number of hydrogen-bond acceptors (Lipinski definition) is 4. The Kier molecular flexibility index (Phi) is 3.56. The van der Waals surface area contributed by atoms with E-state index in [1.807, 2.05) is 31.2 Å². The summed E-state index contributed by atoms with van der Waals surface area (Å²) in [7, 11) is 1.64. The predicted molar refractivity (Wildman–Crippen MR) is 102 cm³/mol. The number of H-pyrrole nitrogens is 1. The molecule has 2 amide bonds. The summed E-state index contributed by atoms with van der Waals surface area (Å²) >= 11 is 0. The van der Waals surface area contributed by atoms with E-state index in [2.05, 4.69) is 4.98 Å². The molecular weight excluding hydrogens is 358 g/mol. The van der Waals surface area contributed by atoms with Crippen LogP contribution in [0.3, 0.4) is 0 Å². The number of aromatic amines is 1. The van der Waals surface area contributed by atoms with E-state index in [0.29, 0.717) is 18.7 Å². The SMILES string of the molecule is COc1ccc2[nH]c3c(c2c1)CCN1C(=O)CN(Cc2ccco2)C(=O)[C@@]31C. The van der Waals surface area contributed by atoms with Crippen molar-refractivity contribution in [3.8, 4) is 5.75 Å². The third kappa shape index (κ3) is 2.22. The van der Waals surface area contributed by atoms with Gasteiger partial charge in [0.15, 0.2) is 5.54 Å². The molecule has 2 aliphatic rings. The Hall–Kier alpha value is -3.22. The number of piperazine rings is 1. The van der Waals surface area contributed by atoms with Gasteiger partial charge < -0.3 is 23.9 Å². The highest BCUT2D eigenvalue weighted by Gasteiger charge is 2.54. The van der Waals surface area contributed by atoms with Gasteiger partial charge in [-0.1, -0.05) is 0 Å². The fourth-order valence-electron chi connectivity index (χ4n) is 4.55. The standard InChI is InChI=1S/C21H21N3O4/c1-21-19-15(16-10-13(27-2)5-6-17(16)22-19)7-8-24(21)18(25)12-23(20(21)26)11-14-4-3-9-28-14/h3-6,9-10,22H,7-8,11-12H2,1-2H3/t21-/m1/s1. The van der Waals surface area contributed by atoms with Crippen molar-refractivity contribution in [2.24, 2.45) is 0 Å². The van der Waals surface area contributed by atoms with E-state index in [1.54, 1.807) is 29.2 Å². The average Bonchev–Trinajstić information content (AvgIpc) is 3.33. The molecule has 1 aromatic carbocycles. The molecule has 28 heavy (non-hydrogen) atoms. The predicted octanol–water partition coefficient (Wildman–Crippen LogP) is 2.41. The summed E-state index contributed by atoms with van der Waals surface area (Å²) in [6.45, 7) is 2.71. The lowest BCUT2D eigenvalue weighted by Gasteiger charge is -2.49.